The minimum absolute atomic E-state index is 0.0156. The van der Waals surface area contributed by atoms with Gasteiger partial charge in [-0.2, -0.15) is 27.4 Å². The summed E-state index contributed by atoms with van der Waals surface area (Å²) in [5.74, 6) is 0.0956. The number of nitrogens with zero attached hydrogens (tertiary/aromatic N) is 5. The fraction of sp³-hybridized carbons (Fsp3) is 0.340. The summed E-state index contributed by atoms with van der Waals surface area (Å²) in [4.78, 5) is 0. The van der Waals surface area contributed by atoms with Gasteiger partial charge in [0.25, 0.3) is 0 Å². The number of unbranched alkanes of at least 4 members (excludes halogenated alkanes) is 1. The van der Waals surface area contributed by atoms with E-state index in [0.717, 1.165) is 30.6 Å². The van der Waals surface area contributed by atoms with Crippen LogP contribution in [0.15, 0.2) is 115 Å². The van der Waals surface area contributed by atoms with Gasteiger partial charge in [0.15, 0.2) is 29.2 Å². The van der Waals surface area contributed by atoms with Crippen molar-refractivity contribution < 1.29 is 22.3 Å². The van der Waals surface area contributed by atoms with Crippen LogP contribution in [-0.2, 0) is 23.7 Å². The Labute approximate surface area is 337 Å². The zero-order valence-electron chi connectivity index (χ0n) is 33.5. The molecule has 0 radical (unpaired) electrons. The summed E-state index contributed by atoms with van der Waals surface area (Å²) in [6.45, 7) is 8.83. The lowest BCUT2D eigenvalue weighted by atomic mass is 9.46. The fourth-order valence-corrected chi connectivity index (χ4v) is 12.5. The Kier molecular flexibility index (Phi) is 7.68. The first-order valence-electron chi connectivity index (χ1n) is 21.2. The normalized spacial score (nSPS) is 25.2. The Morgan fingerprint density at radius 3 is 2.38 bits per heavy atom. The predicted octanol–water partition coefficient (Wildman–Crippen LogP) is 11.2. The van der Waals surface area contributed by atoms with Crippen LogP contribution in [0.1, 0.15) is 98.6 Å². The Bertz CT molecular complexity index is 2830. The maximum atomic E-state index is 14.7. The highest BCUT2D eigenvalue weighted by atomic mass is 19.4. The monoisotopic (exact) mass is 775 g/mol. The van der Waals surface area contributed by atoms with Crippen molar-refractivity contribution in [1.82, 2.24) is 14.3 Å². The molecule has 7 aromatic rings. The van der Waals surface area contributed by atoms with E-state index in [1.54, 1.807) is 0 Å². The van der Waals surface area contributed by atoms with Crippen molar-refractivity contribution in [2.45, 2.75) is 95.4 Å². The second kappa shape index (κ2) is 12.5. The number of benzene rings is 3. The molecule has 1 saturated carbocycles. The SMILES string of the molecule is CCCCc1ccc(-n2c3c(c4ccccc42)C2c4cc(C)c5ccccc5[n+]4C(C4CC5(CC)[n+]6ccccc6-c6cc(C(F)(F)F)nn6C45CC)C2C=C3)cc1. The van der Waals surface area contributed by atoms with Crippen LogP contribution in [0.5, 0.6) is 0 Å². The van der Waals surface area contributed by atoms with Gasteiger partial charge in [0.2, 0.25) is 11.2 Å². The van der Waals surface area contributed by atoms with Gasteiger partial charge in [0.1, 0.15) is 11.2 Å². The average molecular weight is 776 g/mol. The highest BCUT2D eigenvalue weighted by Crippen LogP contribution is 2.67. The molecule has 6 unspecified atom stereocenters. The van der Waals surface area contributed by atoms with Gasteiger partial charge in [-0.15, -0.1) is 0 Å². The van der Waals surface area contributed by atoms with E-state index in [2.05, 4.69) is 144 Å². The first-order chi connectivity index (χ1) is 28.2. The molecule has 0 saturated heterocycles. The van der Waals surface area contributed by atoms with Crippen molar-refractivity contribution in [1.29, 1.82) is 0 Å². The number of pyridine rings is 2. The van der Waals surface area contributed by atoms with Crippen LogP contribution in [0.3, 0.4) is 0 Å². The molecule has 0 N–H and O–H groups in total. The van der Waals surface area contributed by atoms with Crippen molar-refractivity contribution in [2.75, 3.05) is 0 Å². The molecule has 6 atom stereocenters. The van der Waals surface area contributed by atoms with E-state index in [4.69, 9.17) is 0 Å². The molecule has 4 aliphatic rings. The van der Waals surface area contributed by atoms with Crippen LogP contribution < -0.4 is 9.13 Å². The number of hydrogen-bond acceptors (Lipinski definition) is 1. The van der Waals surface area contributed by atoms with E-state index in [0.29, 0.717) is 12.1 Å². The maximum Gasteiger partial charge on any atom is 0.435 e. The number of rotatable bonds is 7. The van der Waals surface area contributed by atoms with Gasteiger partial charge >= 0.3 is 6.18 Å². The summed E-state index contributed by atoms with van der Waals surface area (Å²) >= 11 is 0. The molecule has 292 valence electrons. The first-order valence-corrected chi connectivity index (χ1v) is 21.2. The zero-order chi connectivity index (χ0) is 39.7. The molecule has 2 aliphatic carbocycles. The molecular formula is C50H48F3N5+2. The number of halogens is 3. The number of para-hydroxylation sites is 2. The maximum absolute atomic E-state index is 14.7. The van der Waals surface area contributed by atoms with E-state index in [9.17, 15) is 13.2 Å². The van der Waals surface area contributed by atoms with Gasteiger partial charge in [-0.1, -0.05) is 75.7 Å². The van der Waals surface area contributed by atoms with Crippen LogP contribution in [-0.4, -0.2) is 14.3 Å². The van der Waals surface area contributed by atoms with Gasteiger partial charge in [0.05, 0.1) is 29.0 Å². The summed E-state index contributed by atoms with van der Waals surface area (Å²) in [5, 5.41) is 7.04. The van der Waals surface area contributed by atoms with E-state index < -0.39 is 22.9 Å². The Morgan fingerprint density at radius 1 is 0.862 bits per heavy atom. The molecule has 58 heavy (non-hydrogen) atoms. The Morgan fingerprint density at radius 2 is 1.62 bits per heavy atom. The average Bonchev–Trinajstić information content (AvgIpc) is 3.92. The van der Waals surface area contributed by atoms with Gasteiger partial charge in [-0.05, 0) is 79.3 Å². The van der Waals surface area contributed by atoms with E-state index >= 15 is 0 Å². The topological polar surface area (TPSA) is 30.5 Å². The molecule has 1 fully saturated rings. The van der Waals surface area contributed by atoms with Crippen molar-refractivity contribution >= 4 is 27.9 Å². The number of aromatic nitrogens is 5. The summed E-state index contributed by atoms with van der Waals surface area (Å²) in [7, 11) is 0. The van der Waals surface area contributed by atoms with Crippen molar-refractivity contribution in [3.63, 3.8) is 0 Å². The van der Waals surface area contributed by atoms with Gasteiger partial charge in [0, 0.05) is 59.6 Å². The van der Waals surface area contributed by atoms with Crippen molar-refractivity contribution in [2.24, 2.45) is 11.8 Å². The molecule has 0 amide bonds. The van der Waals surface area contributed by atoms with Crippen molar-refractivity contribution in [3.05, 3.63) is 149 Å². The molecule has 6 heterocycles. The molecule has 5 nitrogen and oxygen atoms in total. The summed E-state index contributed by atoms with van der Waals surface area (Å²) < 4.78 is 53.3. The van der Waals surface area contributed by atoms with Crippen LogP contribution >= 0.6 is 0 Å². The molecule has 0 bridgehead atoms. The van der Waals surface area contributed by atoms with Crippen molar-refractivity contribution in [3.8, 4) is 17.1 Å². The highest BCUT2D eigenvalue weighted by Gasteiger charge is 2.79. The lowest BCUT2D eigenvalue weighted by molar-refractivity contribution is -0.806. The van der Waals surface area contributed by atoms with E-state index in [1.165, 1.54) is 68.8 Å². The standard InChI is InChI=1S/C50H48F3N5/c1-5-8-15-32-21-23-33(24-22-32)56-39-19-12-10-17-35(39)45-41(56)26-25-36-46(45)43-28-31(4)34-16-9-11-18-38(34)57(43)47(36)37-30-48(6-2)49(37,7-3)58-42(29-44(54-58)50(51,52)53)40-20-13-14-27-55(40)48/h9-14,16-29,36-37,46-47H,5-8,15,30H2,1-4H3/q+2. The first kappa shape index (κ1) is 35.6. The molecular weight excluding hydrogens is 728 g/mol. The molecule has 4 aromatic heterocycles. The highest BCUT2D eigenvalue weighted by molar-refractivity contribution is 5.92. The number of alkyl halides is 3. The molecule has 8 heteroatoms. The largest absolute Gasteiger partial charge is 0.435 e. The smallest absolute Gasteiger partial charge is 0.310 e. The van der Waals surface area contributed by atoms with Crippen LogP contribution in [0, 0.1) is 18.8 Å². The molecule has 11 rings (SSSR count). The minimum atomic E-state index is -4.56. The lowest BCUT2D eigenvalue weighted by Crippen LogP contribution is -2.83. The van der Waals surface area contributed by atoms with E-state index in [1.807, 2.05) is 22.9 Å². The third-order valence-electron chi connectivity index (χ3n) is 14.9. The fourth-order valence-electron chi connectivity index (χ4n) is 12.5. The summed E-state index contributed by atoms with van der Waals surface area (Å²) in [6, 6.07) is 36.2. The second-order valence-corrected chi connectivity index (χ2v) is 17.2. The lowest BCUT2D eigenvalue weighted by Gasteiger charge is -2.62. The summed E-state index contributed by atoms with van der Waals surface area (Å²) in [6.07, 6.45) is 8.01. The third kappa shape index (κ3) is 4.46. The molecule has 2 aliphatic heterocycles. The van der Waals surface area contributed by atoms with Gasteiger partial charge in [-0.25, -0.2) is 4.68 Å². The van der Waals surface area contributed by atoms with Crippen LogP contribution in [0.25, 0.3) is 45.0 Å². The van der Waals surface area contributed by atoms with Gasteiger partial charge in [-0.3, -0.25) is 0 Å². The molecule has 3 aromatic carbocycles. The number of hydrogen-bond donors (Lipinski definition) is 0. The van der Waals surface area contributed by atoms with E-state index in [-0.39, 0.29) is 23.8 Å². The number of aryl methyl sites for hydroxylation is 2. The third-order valence-corrected chi connectivity index (χ3v) is 14.9. The van der Waals surface area contributed by atoms with Crippen LogP contribution in [0.2, 0.25) is 0 Å². The minimum Gasteiger partial charge on any atom is -0.310 e. The molecule has 0 spiro atoms. The summed E-state index contributed by atoms with van der Waals surface area (Å²) in [5.41, 5.74) is 9.27. The quantitative estimate of drug-likeness (QED) is 0.148. The van der Waals surface area contributed by atoms with Gasteiger partial charge < -0.3 is 4.57 Å². The zero-order valence-corrected chi connectivity index (χ0v) is 33.5. The Balaban J connectivity index is 1.16. The number of allylic oxidation sites excluding steroid dienone is 1. The predicted molar refractivity (Wildman–Crippen MR) is 222 cm³/mol. The Hall–Kier alpha value is -5.50. The van der Waals surface area contributed by atoms with Crippen LogP contribution in [0.4, 0.5) is 13.2 Å². The number of fused-ring (bicyclic) bond motifs is 15. The second-order valence-electron chi connectivity index (χ2n) is 17.2.